The van der Waals surface area contributed by atoms with Crippen LogP contribution in [0.1, 0.15) is 21.5 Å². The molecule has 1 aromatic heterocycles. The molecule has 0 spiro atoms. The Morgan fingerprint density at radius 2 is 2.12 bits per heavy atom. The molecule has 2 aliphatic rings. The van der Waals surface area contributed by atoms with Crippen LogP contribution in [0.4, 0.5) is 4.79 Å². The van der Waals surface area contributed by atoms with Gasteiger partial charge in [-0.3, -0.25) is 19.9 Å². The van der Waals surface area contributed by atoms with Crippen molar-refractivity contribution < 1.29 is 19.1 Å². The fourth-order valence-corrected chi connectivity index (χ4v) is 3.39. The Labute approximate surface area is 149 Å². The van der Waals surface area contributed by atoms with Crippen molar-refractivity contribution >= 4 is 17.8 Å². The summed E-state index contributed by atoms with van der Waals surface area (Å²) >= 11 is 0. The Bertz CT molecular complexity index is 915. The molecule has 2 N–H and O–H groups in total. The molecule has 3 heterocycles. The minimum Gasteiger partial charge on any atom is -0.497 e. The molecule has 0 saturated carbocycles. The SMILES string of the molecule is COc1ccc2c(c1)C(=O)N(C[C@@]1(c3cccnc3)NC(=O)NC1=O)C2. The van der Waals surface area contributed by atoms with E-state index in [1.807, 2.05) is 6.07 Å². The number of carbonyl (C=O) groups is 3. The summed E-state index contributed by atoms with van der Waals surface area (Å²) in [5.74, 6) is -0.124. The van der Waals surface area contributed by atoms with E-state index < -0.39 is 17.5 Å². The van der Waals surface area contributed by atoms with Crippen LogP contribution in [-0.2, 0) is 16.9 Å². The fourth-order valence-electron chi connectivity index (χ4n) is 3.39. The topological polar surface area (TPSA) is 101 Å². The number of carbonyl (C=O) groups excluding carboxylic acids is 3. The zero-order valence-electron chi connectivity index (χ0n) is 14.0. The zero-order chi connectivity index (χ0) is 18.3. The van der Waals surface area contributed by atoms with Gasteiger partial charge >= 0.3 is 6.03 Å². The second kappa shape index (κ2) is 5.83. The Morgan fingerprint density at radius 1 is 1.27 bits per heavy atom. The van der Waals surface area contributed by atoms with E-state index in [1.54, 1.807) is 35.4 Å². The number of nitrogens with one attached hydrogen (secondary N) is 2. The third-order valence-electron chi connectivity index (χ3n) is 4.72. The predicted octanol–water partition coefficient (Wildman–Crippen LogP) is 0.781. The van der Waals surface area contributed by atoms with Crippen LogP contribution in [0.2, 0.25) is 0 Å². The Kier molecular flexibility index (Phi) is 3.61. The predicted molar refractivity (Wildman–Crippen MR) is 90.3 cm³/mol. The Morgan fingerprint density at radius 3 is 2.77 bits per heavy atom. The smallest absolute Gasteiger partial charge is 0.322 e. The molecule has 4 amide bonds. The van der Waals surface area contributed by atoms with Gasteiger partial charge in [0.2, 0.25) is 0 Å². The van der Waals surface area contributed by atoms with Crippen LogP contribution in [0, 0.1) is 0 Å². The lowest BCUT2D eigenvalue weighted by Crippen LogP contribution is -2.52. The summed E-state index contributed by atoms with van der Waals surface area (Å²) in [4.78, 5) is 42.8. The molecule has 4 rings (SSSR count). The van der Waals surface area contributed by atoms with Crippen molar-refractivity contribution in [3.05, 3.63) is 59.4 Å². The molecule has 0 unspecified atom stereocenters. The monoisotopic (exact) mass is 352 g/mol. The molecule has 0 radical (unpaired) electrons. The van der Waals surface area contributed by atoms with Crippen molar-refractivity contribution in [3.8, 4) is 5.75 Å². The van der Waals surface area contributed by atoms with Gasteiger partial charge in [0.05, 0.1) is 13.7 Å². The van der Waals surface area contributed by atoms with Gasteiger partial charge < -0.3 is 15.0 Å². The number of imide groups is 1. The van der Waals surface area contributed by atoms with Gasteiger partial charge in [-0.05, 0) is 23.8 Å². The number of hydrogen-bond donors (Lipinski definition) is 2. The van der Waals surface area contributed by atoms with Crippen LogP contribution >= 0.6 is 0 Å². The van der Waals surface area contributed by atoms with Crippen molar-refractivity contribution in [2.24, 2.45) is 0 Å². The van der Waals surface area contributed by atoms with E-state index in [2.05, 4.69) is 15.6 Å². The van der Waals surface area contributed by atoms with Crippen molar-refractivity contribution in [2.75, 3.05) is 13.7 Å². The Hall–Kier alpha value is -3.42. The third kappa shape index (κ3) is 2.38. The largest absolute Gasteiger partial charge is 0.497 e. The Balaban J connectivity index is 1.69. The molecule has 8 heteroatoms. The highest BCUT2D eigenvalue weighted by Gasteiger charge is 2.50. The molecule has 1 aromatic carbocycles. The van der Waals surface area contributed by atoms with E-state index in [4.69, 9.17) is 4.74 Å². The molecular weight excluding hydrogens is 336 g/mol. The first-order chi connectivity index (χ1) is 12.5. The van der Waals surface area contributed by atoms with E-state index in [0.717, 1.165) is 5.56 Å². The molecule has 26 heavy (non-hydrogen) atoms. The van der Waals surface area contributed by atoms with Crippen LogP contribution in [0.15, 0.2) is 42.7 Å². The van der Waals surface area contributed by atoms with E-state index in [0.29, 0.717) is 23.4 Å². The van der Waals surface area contributed by atoms with E-state index >= 15 is 0 Å². The molecule has 132 valence electrons. The normalized spacial score (nSPS) is 21.4. The van der Waals surface area contributed by atoms with Gasteiger partial charge in [-0.1, -0.05) is 12.1 Å². The second-order valence-corrected chi connectivity index (χ2v) is 6.24. The quantitative estimate of drug-likeness (QED) is 0.792. The van der Waals surface area contributed by atoms with Crippen LogP contribution < -0.4 is 15.4 Å². The summed E-state index contributed by atoms with van der Waals surface area (Å²) in [6, 6.07) is 8.09. The van der Waals surface area contributed by atoms with Crippen LogP contribution in [-0.4, -0.2) is 41.4 Å². The van der Waals surface area contributed by atoms with Gasteiger partial charge in [-0.25, -0.2) is 4.79 Å². The number of urea groups is 1. The average molecular weight is 352 g/mol. The first-order valence-electron chi connectivity index (χ1n) is 8.04. The number of pyridine rings is 1. The van der Waals surface area contributed by atoms with Crippen molar-refractivity contribution in [1.82, 2.24) is 20.5 Å². The molecule has 1 fully saturated rings. The molecule has 0 aliphatic carbocycles. The molecule has 2 aliphatic heterocycles. The maximum absolute atomic E-state index is 12.8. The summed E-state index contributed by atoms with van der Waals surface area (Å²) in [5.41, 5.74) is 0.537. The molecule has 8 nitrogen and oxygen atoms in total. The number of hydrogen-bond acceptors (Lipinski definition) is 5. The van der Waals surface area contributed by atoms with Gasteiger partial charge in [0.25, 0.3) is 11.8 Å². The minimum absolute atomic E-state index is 0.00605. The highest BCUT2D eigenvalue weighted by molar-refractivity contribution is 6.08. The third-order valence-corrected chi connectivity index (χ3v) is 4.72. The summed E-state index contributed by atoms with van der Waals surface area (Å²) in [6.45, 7) is 0.357. The van der Waals surface area contributed by atoms with E-state index in [9.17, 15) is 14.4 Å². The minimum atomic E-state index is -1.37. The lowest BCUT2D eigenvalue weighted by atomic mass is 9.90. The number of aromatic nitrogens is 1. The number of rotatable bonds is 4. The number of fused-ring (bicyclic) bond motifs is 1. The average Bonchev–Trinajstić information content (AvgIpc) is 3.12. The number of nitrogens with zero attached hydrogens (tertiary/aromatic N) is 2. The lowest BCUT2D eigenvalue weighted by Gasteiger charge is -2.30. The van der Waals surface area contributed by atoms with Crippen molar-refractivity contribution in [2.45, 2.75) is 12.1 Å². The van der Waals surface area contributed by atoms with Crippen molar-refractivity contribution in [1.29, 1.82) is 0 Å². The second-order valence-electron chi connectivity index (χ2n) is 6.24. The van der Waals surface area contributed by atoms with Gasteiger partial charge in [0, 0.05) is 30.1 Å². The summed E-state index contributed by atoms with van der Waals surface area (Å²) in [6.07, 6.45) is 3.09. The van der Waals surface area contributed by atoms with Crippen LogP contribution in [0.5, 0.6) is 5.75 Å². The number of benzene rings is 1. The number of methoxy groups -OCH3 is 1. The van der Waals surface area contributed by atoms with Gasteiger partial charge in [0.1, 0.15) is 5.75 Å². The molecule has 1 saturated heterocycles. The lowest BCUT2D eigenvalue weighted by molar-refractivity contribution is -0.124. The molecule has 0 bridgehead atoms. The van der Waals surface area contributed by atoms with Crippen LogP contribution in [0.25, 0.3) is 0 Å². The molecular formula is C18H16N4O4. The van der Waals surface area contributed by atoms with Crippen LogP contribution in [0.3, 0.4) is 0 Å². The standard InChI is InChI=1S/C18H16N4O4/c1-26-13-5-4-11-9-22(15(23)14(11)7-13)10-18(12-3-2-6-19-8-12)16(24)20-17(25)21-18/h2-8H,9-10H2,1H3,(H2,20,21,24,25)/t18-/m0/s1. The summed E-state index contributed by atoms with van der Waals surface area (Å²) in [7, 11) is 1.54. The first-order valence-corrected chi connectivity index (χ1v) is 8.04. The molecule has 2 aromatic rings. The van der Waals surface area contributed by atoms with Gasteiger partial charge in [-0.15, -0.1) is 0 Å². The summed E-state index contributed by atoms with van der Waals surface area (Å²) < 4.78 is 5.18. The summed E-state index contributed by atoms with van der Waals surface area (Å²) in [5, 5.41) is 4.93. The number of amides is 4. The van der Waals surface area contributed by atoms with Gasteiger partial charge in [-0.2, -0.15) is 0 Å². The maximum atomic E-state index is 12.8. The zero-order valence-corrected chi connectivity index (χ0v) is 14.0. The maximum Gasteiger partial charge on any atom is 0.322 e. The first kappa shape index (κ1) is 16.1. The van der Waals surface area contributed by atoms with E-state index in [1.165, 1.54) is 13.3 Å². The fraction of sp³-hybridized carbons (Fsp3) is 0.222. The van der Waals surface area contributed by atoms with Crippen molar-refractivity contribution in [3.63, 3.8) is 0 Å². The molecule has 1 atom stereocenters. The van der Waals surface area contributed by atoms with Gasteiger partial charge in [0.15, 0.2) is 5.54 Å². The number of ether oxygens (including phenoxy) is 1. The highest BCUT2D eigenvalue weighted by Crippen LogP contribution is 2.32. The highest BCUT2D eigenvalue weighted by atomic mass is 16.5. The van der Waals surface area contributed by atoms with E-state index in [-0.39, 0.29) is 12.5 Å².